The number of carbonyl (C=O) groups is 3. The molecule has 0 radical (unpaired) electrons. The largest absolute Gasteiger partial charge is 0.481 e. The minimum atomic E-state index is -1.14. The standard InChI is InChI=1S/C14H23NO6/c1-13(2,3)21-12(19)15-8-14(11(17)18)6-5-9(7-14)10(16)20-4/h9H,5-8H2,1-4H3,(H,15,19)(H,17,18)/t9-,14-/m0/s1. The summed E-state index contributed by atoms with van der Waals surface area (Å²) in [5.74, 6) is -1.87. The minimum Gasteiger partial charge on any atom is -0.481 e. The molecule has 0 saturated heterocycles. The Labute approximate surface area is 124 Å². The predicted molar refractivity (Wildman–Crippen MR) is 73.7 cm³/mol. The van der Waals surface area contributed by atoms with Crippen molar-refractivity contribution in [1.29, 1.82) is 0 Å². The van der Waals surface area contributed by atoms with E-state index in [0.29, 0.717) is 12.8 Å². The quantitative estimate of drug-likeness (QED) is 0.764. The van der Waals surface area contributed by atoms with E-state index in [1.807, 2.05) is 0 Å². The molecule has 2 atom stereocenters. The van der Waals surface area contributed by atoms with Gasteiger partial charge in [-0.1, -0.05) is 0 Å². The number of nitrogens with one attached hydrogen (secondary N) is 1. The number of esters is 1. The number of amides is 1. The van der Waals surface area contributed by atoms with Crippen LogP contribution in [0.15, 0.2) is 0 Å². The van der Waals surface area contributed by atoms with Crippen molar-refractivity contribution in [3.8, 4) is 0 Å². The maximum atomic E-state index is 11.6. The summed E-state index contributed by atoms with van der Waals surface area (Å²) in [6.45, 7) is 5.11. The van der Waals surface area contributed by atoms with Gasteiger partial charge in [-0.05, 0) is 40.0 Å². The van der Waals surface area contributed by atoms with E-state index in [2.05, 4.69) is 10.1 Å². The molecule has 0 bridgehead atoms. The van der Waals surface area contributed by atoms with Crippen LogP contribution in [-0.4, -0.2) is 42.4 Å². The number of carboxylic acid groups (broad SMARTS) is 1. The van der Waals surface area contributed by atoms with Crippen LogP contribution in [0.4, 0.5) is 4.79 Å². The molecule has 120 valence electrons. The van der Waals surface area contributed by atoms with E-state index in [-0.39, 0.29) is 13.0 Å². The van der Waals surface area contributed by atoms with Gasteiger partial charge in [-0.3, -0.25) is 9.59 Å². The molecule has 0 aromatic carbocycles. The molecule has 7 heteroatoms. The number of carboxylic acids is 1. The summed E-state index contributed by atoms with van der Waals surface area (Å²) in [4.78, 5) is 34.7. The Kier molecular flexibility index (Phi) is 5.20. The molecule has 1 amide bonds. The van der Waals surface area contributed by atoms with E-state index in [4.69, 9.17) is 4.74 Å². The van der Waals surface area contributed by atoms with Crippen LogP contribution in [0, 0.1) is 11.3 Å². The lowest BCUT2D eigenvalue weighted by molar-refractivity contribution is -0.149. The lowest BCUT2D eigenvalue weighted by Gasteiger charge is -2.26. The Morgan fingerprint density at radius 2 is 1.95 bits per heavy atom. The van der Waals surface area contributed by atoms with Crippen molar-refractivity contribution in [2.24, 2.45) is 11.3 Å². The van der Waals surface area contributed by atoms with Gasteiger partial charge < -0.3 is 19.9 Å². The lowest BCUT2D eigenvalue weighted by atomic mass is 9.85. The number of methoxy groups -OCH3 is 1. The van der Waals surface area contributed by atoms with Crippen molar-refractivity contribution in [2.75, 3.05) is 13.7 Å². The fourth-order valence-electron chi connectivity index (χ4n) is 2.48. The third kappa shape index (κ3) is 4.61. The highest BCUT2D eigenvalue weighted by Gasteiger charge is 2.48. The summed E-state index contributed by atoms with van der Waals surface area (Å²) in [6.07, 6.45) is 0.252. The number of ether oxygens (including phenoxy) is 2. The van der Waals surface area contributed by atoms with Gasteiger partial charge in [0, 0.05) is 6.54 Å². The Hall–Kier alpha value is -1.79. The fraction of sp³-hybridized carbons (Fsp3) is 0.786. The second-order valence-corrected chi connectivity index (χ2v) is 6.40. The van der Waals surface area contributed by atoms with E-state index in [9.17, 15) is 19.5 Å². The first-order valence-corrected chi connectivity index (χ1v) is 6.88. The van der Waals surface area contributed by atoms with Crippen LogP contribution in [0.25, 0.3) is 0 Å². The van der Waals surface area contributed by atoms with Crippen LogP contribution in [0.5, 0.6) is 0 Å². The molecule has 1 fully saturated rings. The number of alkyl carbamates (subject to hydrolysis) is 1. The number of aliphatic carboxylic acids is 1. The molecular weight excluding hydrogens is 278 g/mol. The fourth-order valence-corrected chi connectivity index (χ4v) is 2.48. The van der Waals surface area contributed by atoms with E-state index >= 15 is 0 Å². The predicted octanol–water partition coefficient (Wildman–Crippen LogP) is 1.56. The highest BCUT2D eigenvalue weighted by Crippen LogP contribution is 2.42. The Bertz CT molecular complexity index is 428. The molecular formula is C14H23NO6. The van der Waals surface area contributed by atoms with Gasteiger partial charge in [0.05, 0.1) is 18.4 Å². The molecule has 0 heterocycles. The first-order valence-electron chi connectivity index (χ1n) is 6.88. The molecule has 2 N–H and O–H groups in total. The molecule has 0 aliphatic heterocycles. The van der Waals surface area contributed by atoms with Crippen molar-refractivity contribution < 1.29 is 29.0 Å². The van der Waals surface area contributed by atoms with Gasteiger partial charge >= 0.3 is 18.0 Å². The zero-order chi connectivity index (χ0) is 16.3. The normalized spacial score (nSPS) is 25.2. The molecule has 0 spiro atoms. The van der Waals surface area contributed by atoms with Crippen molar-refractivity contribution in [2.45, 2.75) is 45.6 Å². The molecule has 1 aliphatic carbocycles. The molecule has 0 aromatic heterocycles. The van der Waals surface area contributed by atoms with Crippen molar-refractivity contribution >= 4 is 18.0 Å². The van der Waals surface area contributed by atoms with E-state index in [1.54, 1.807) is 20.8 Å². The number of carbonyl (C=O) groups excluding carboxylic acids is 2. The Morgan fingerprint density at radius 1 is 1.33 bits per heavy atom. The van der Waals surface area contributed by atoms with Gasteiger partial charge in [0.2, 0.25) is 0 Å². The zero-order valence-electron chi connectivity index (χ0n) is 12.9. The van der Waals surface area contributed by atoms with Crippen LogP contribution in [0.2, 0.25) is 0 Å². The summed E-state index contributed by atoms with van der Waals surface area (Å²) in [6, 6.07) is 0. The third-order valence-corrected chi connectivity index (χ3v) is 3.57. The lowest BCUT2D eigenvalue weighted by Crippen LogP contribution is -2.43. The molecule has 21 heavy (non-hydrogen) atoms. The number of rotatable bonds is 4. The van der Waals surface area contributed by atoms with Gasteiger partial charge in [-0.2, -0.15) is 0 Å². The number of hydrogen-bond acceptors (Lipinski definition) is 5. The summed E-state index contributed by atoms with van der Waals surface area (Å²) in [7, 11) is 1.28. The Morgan fingerprint density at radius 3 is 2.43 bits per heavy atom. The second-order valence-electron chi connectivity index (χ2n) is 6.40. The molecule has 1 rings (SSSR count). The van der Waals surface area contributed by atoms with Crippen LogP contribution >= 0.6 is 0 Å². The summed E-state index contributed by atoms with van der Waals surface area (Å²) in [5.41, 5.74) is -1.79. The maximum Gasteiger partial charge on any atom is 0.407 e. The van der Waals surface area contributed by atoms with Gasteiger partial charge in [0.1, 0.15) is 5.60 Å². The van der Waals surface area contributed by atoms with Crippen molar-refractivity contribution in [3.63, 3.8) is 0 Å². The average Bonchev–Trinajstić information content (AvgIpc) is 2.79. The molecule has 1 aliphatic rings. The van der Waals surface area contributed by atoms with E-state index in [1.165, 1.54) is 7.11 Å². The smallest absolute Gasteiger partial charge is 0.407 e. The van der Waals surface area contributed by atoms with Gasteiger partial charge in [0.15, 0.2) is 0 Å². The van der Waals surface area contributed by atoms with Crippen molar-refractivity contribution in [1.82, 2.24) is 5.32 Å². The Balaban J connectivity index is 2.66. The number of hydrogen-bond donors (Lipinski definition) is 2. The summed E-state index contributed by atoms with van der Waals surface area (Å²) in [5, 5.41) is 11.9. The van der Waals surface area contributed by atoms with Gasteiger partial charge in [0.25, 0.3) is 0 Å². The SMILES string of the molecule is COC(=O)[C@H]1CC[C@](CNC(=O)OC(C)(C)C)(C(=O)O)C1. The third-order valence-electron chi connectivity index (χ3n) is 3.57. The highest BCUT2D eigenvalue weighted by molar-refractivity contribution is 5.80. The van der Waals surface area contributed by atoms with Gasteiger partial charge in [-0.15, -0.1) is 0 Å². The van der Waals surface area contributed by atoms with E-state index < -0.39 is 35.0 Å². The van der Waals surface area contributed by atoms with E-state index in [0.717, 1.165) is 0 Å². The van der Waals surface area contributed by atoms with Gasteiger partial charge in [-0.25, -0.2) is 4.79 Å². The minimum absolute atomic E-state index is 0.0647. The molecule has 0 unspecified atom stereocenters. The second kappa shape index (κ2) is 6.32. The highest BCUT2D eigenvalue weighted by atomic mass is 16.6. The molecule has 7 nitrogen and oxygen atoms in total. The van der Waals surface area contributed by atoms with Crippen LogP contribution < -0.4 is 5.32 Å². The first-order chi connectivity index (χ1) is 9.59. The van der Waals surface area contributed by atoms with Crippen LogP contribution in [0.1, 0.15) is 40.0 Å². The van der Waals surface area contributed by atoms with Crippen molar-refractivity contribution in [3.05, 3.63) is 0 Å². The van der Waals surface area contributed by atoms with Crippen LogP contribution in [0.3, 0.4) is 0 Å². The molecule has 0 aromatic rings. The zero-order valence-corrected chi connectivity index (χ0v) is 12.9. The first kappa shape index (κ1) is 17.3. The summed E-state index contributed by atoms with van der Waals surface area (Å²) < 4.78 is 9.74. The monoisotopic (exact) mass is 301 g/mol. The topological polar surface area (TPSA) is 102 Å². The van der Waals surface area contributed by atoms with Crippen LogP contribution in [-0.2, 0) is 19.1 Å². The maximum absolute atomic E-state index is 11.6. The summed E-state index contributed by atoms with van der Waals surface area (Å²) >= 11 is 0. The molecule has 1 saturated carbocycles. The average molecular weight is 301 g/mol.